The molecular formula is C17H25N5O3. The van der Waals surface area contributed by atoms with E-state index in [2.05, 4.69) is 14.9 Å². The SMILES string of the molecule is CC1(C)NC(=O)N(CCCC(=O)N2CCC[C@H](n3ccnc3)C2)C1=O. The zero-order valence-electron chi connectivity index (χ0n) is 14.8. The Morgan fingerprint density at radius 3 is 2.84 bits per heavy atom. The zero-order chi connectivity index (χ0) is 18.0. The van der Waals surface area contributed by atoms with Crippen molar-refractivity contribution in [3.8, 4) is 0 Å². The van der Waals surface area contributed by atoms with Gasteiger partial charge < -0.3 is 14.8 Å². The Kier molecular flexibility index (Phi) is 4.78. The smallest absolute Gasteiger partial charge is 0.325 e. The highest BCUT2D eigenvalue weighted by atomic mass is 16.2. The van der Waals surface area contributed by atoms with Gasteiger partial charge in [0.25, 0.3) is 5.91 Å². The number of nitrogens with one attached hydrogen (secondary N) is 1. The third kappa shape index (κ3) is 3.67. The molecule has 0 spiro atoms. The predicted molar refractivity (Wildman–Crippen MR) is 90.6 cm³/mol. The summed E-state index contributed by atoms with van der Waals surface area (Å²) in [6, 6.07) is -0.104. The van der Waals surface area contributed by atoms with Crippen LogP contribution in [0.1, 0.15) is 45.6 Å². The van der Waals surface area contributed by atoms with Gasteiger partial charge >= 0.3 is 6.03 Å². The first kappa shape index (κ1) is 17.4. The summed E-state index contributed by atoms with van der Waals surface area (Å²) in [6.45, 7) is 5.09. The molecule has 3 rings (SSSR count). The number of urea groups is 1. The van der Waals surface area contributed by atoms with E-state index in [-0.39, 0.29) is 30.4 Å². The fourth-order valence-corrected chi connectivity index (χ4v) is 3.48. The van der Waals surface area contributed by atoms with Crippen LogP contribution in [0, 0.1) is 0 Å². The molecular weight excluding hydrogens is 322 g/mol. The first-order chi connectivity index (χ1) is 11.9. The molecule has 0 aromatic carbocycles. The highest BCUT2D eigenvalue weighted by Gasteiger charge is 2.43. The molecule has 8 nitrogen and oxygen atoms in total. The quantitative estimate of drug-likeness (QED) is 0.810. The Balaban J connectivity index is 1.48. The Bertz CT molecular complexity index is 655. The summed E-state index contributed by atoms with van der Waals surface area (Å²) in [5.41, 5.74) is -0.855. The summed E-state index contributed by atoms with van der Waals surface area (Å²) in [5.74, 6) is -0.153. The van der Waals surface area contributed by atoms with Gasteiger partial charge in [-0.05, 0) is 33.1 Å². The van der Waals surface area contributed by atoms with Gasteiger partial charge in [-0.15, -0.1) is 0 Å². The van der Waals surface area contributed by atoms with Gasteiger partial charge in [0.2, 0.25) is 5.91 Å². The molecule has 8 heteroatoms. The lowest BCUT2D eigenvalue weighted by Gasteiger charge is -2.33. The molecule has 2 aliphatic rings. The average Bonchev–Trinajstić information content (AvgIpc) is 3.17. The topological polar surface area (TPSA) is 87.5 Å². The van der Waals surface area contributed by atoms with Gasteiger partial charge in [-0.3, -0.25) is 14.5 Å². The number of hydrogen-bond acceptors (Lipinski definition) is 4. The molecule has 0 unspecified atom stereocenters. The van der Waals surface area contributed by atoms with Crippen LogP contribution in [-0.2, 0) is 9.59 Å². The van der Waals surface area contributed by atoms with Crippen LogP contribution in [0.5, 0.6) is 0 Å². The molecule has 25 heavy (non-hydrogen) atoms. The van der Waals surface area contributed by atoms with Crippen molar-refractivity contribution in [3.63, 3.8) is 0 Å². The molecule has 1 aromatic heterocycles. The fraction of sp³-hybridized carbons (Fsp3) is 0.647. The summed E-state index contributed by atoms with van der Waals surface area (Å²) >= 11 is 0. The Labute approximate surface area is 147 Å². The molecule has 4 amide bonds. The molecule has 136 valence electrons. The van der Waals surface area contributed by atoms with Crippen molar-refractivity contribution in [2.24, 2.45) is 0 Å². The number of carbonyl (C=O) groups is 3. The number of imide groups is 1. The number of piperidine rings is 1. The van der Waals surface area contributed by atoms with E-state index in [0.29, 0.717) is 19.4 Å². The zero-order valence-corrected chi connectivity index (χ0v) is 14.8. The second kappa shape index (κ2) is 6.85. The number of likely N-dealkylation sites (tertiary alicyclic amines) is 1. The van der Waals surface area contributed by atoms with E-state index in [9.17, 15) is 14.4 Å². The van der Waals surface area contributed by atoms with E-state index in [0.717, 1.165) is 19.4 Å². The third-order valence-corrected chi connectivity index (χ3v) is 4.91. The second-order valence-corrected chi connectivity index (χ2v) is 7.26. The lowest BCUT2D eigenvalue weighted by Crippen LogP contribution is -2.41. The van der Waals surface area contributed by atoms with Gasteiger partial charge in [0, 0.05) is 38.4 Å². The van der Waals surface area contributed by atoms with Gasteiger partial charge in [0.05, 0.1) is 12.4 Å². The van der Waals surface area contributed by atoms with Crippen LogP contribution in [0.25, 0.3) is 0 Å². The van der Waals surface area contributed by atoms with Gasteiger partial charge in [-0.25, -0.2) is 9.78 Å². The molecule has 1 aromatic rings. The number of amides is 4. The number of aromatic nitrogens is 2. The second-order valence-electron chi connectivity index (χ2n) is 7.26. The minimum Gasteiger partial charge on any atom is -0.341 e. The Hall–Kier alpha value is -2.38. The van der Waals surface area contributed by atoms with Crippen LogP contribution in [0.3, 0.4) is 0 Å². The molecule has 0 radical (unpaired) electrons. The highest BCUT2D eigenvalue weighted by Crippen LogP contribution is 2.22. The summed E-state index contributed by atoms with van der Waals surface area (Å²) in [5, 5.41) is 2.65. The van der Waals surface area contributed by atoms with Crippen LogP contribution in [0.4, 0.5) is 4.79 Å². The molecule has 0 saturated carbocycles. The molecule has 2 aliphatic heterocycles. The van der Waals surface area contributed by atoms with E-state index in [4.69, 9.17) is 0 Å². The minimum absolute atomic E-state index is 0.0797. The maximum atomic E-state index is 12.5. The average molecular weight is 347 g/mol. The van der Waals surface area contributed by atoms with E-state index in [1.54, 1.807) is 26.4 Å². The van der Waals surface area contributed by atoms with Crippen LogP contribution in [-0.4, -0.2) is 62.4 Å². The summed E-state index contributed by atoms with van der Waals surface area (Å²) in [4.78, 5) is 43.6. The largest absolute Gasteiger partial charge is 0.341 e. The number of nitrogens with zero attached hydrogens (tertiary/aromatic N) is 4. The third-order valence-electron chi connectivity index (χ3n) is 4.91. The fourth-order valence-electron chi connectivity index (χ4n) is 3.48. The van der Waals surface area contributed by atoms with Crippen molar-refractivity contribution in [2.45, 2.75) is 51.1 Å². The monoisotopic (exact) mass is 347 g/mol. The van der Waals surface area contributed by atoms with Crippen LogP contribution < -0.4 is 5.32 Å². The summed E-state index contributed by atoms with van der Waals surface area (Å²) < 4.78 is 2.05. The van der Waals surface area contributed by atoms with Gasteiger partial charge in [0.15, 0.2) is 0 Å². The van der Waals surface area contributed by atoms with Crippen LogP contribution in [0.15, 0.2) is 18.7 Å². The predicted octanol–water partition coefficient (Wildman–Crippen LogP) is 1.16. The maximum Gasteiger partial charge on any atom is 0.325 e. The van der Waals surface area contributed by atoms with Gasteiger partial charge in [-0.2, -0.15) is 0 Å². The van der Waals surface area contributed by atoms with E-state index >= 15 is 0 Å². The lowest BCUT2D eigenvalue weighted by molar-refractivity contribution is -0.134. The van der Waals surface area contributed by atoms with Crippen LogP contribution in [0.2, 0.25) is 0 Å². The lowest BCUT2D eigenvalue weighted by atomic mass is 10.0. The molecule has 2 fully saturated rings. The first-order valence-electron chi connectivity index (χ1n) is 8.78. The minimum atomic E-state index is -0.855. The van der Waals surface area contributed by atoms with Crippen molar-refractivity contribution in [1.29, 1.82) is 0 Å². The van der Waals surface area contributed by atoms with Gasteiger partial charge in [0.1, 0.15) is 5.54 Å². The number of rotatable bonds is 5. The molecule has 1 atom stereocenters. The van der Waals surface area contributed by atoms with E-state index in [1.807, 2.05) is 11.1 Å². The van der Waals surface area contributed by atoms with Crippen molar-refractivity contribution < 1.29 is 14.4 Å². The van der Waals surface area contributed by atoms with Crippen molar-refractivity contribution in [1.82, 2.24) is 24.7 Å². The molecule has 1 N–H and O–H groups in total. The first-order valence-corrected chi connectivity index (χ1v) is 8.78. The Morgan fingerprint density at radius 1 is 1.40 bits per heavy atom. The molecule has 2 saturated heterocycles. The van der Waals surface area contributed by atoms with Crippen molar-refractivity contribution in [2.75, 3.05) is 19.6 Å². The standard InChI is InChI=1S/C17H25N5O3/c1-17(2)15(24)22(16(25)19-17)9-4-6-14(23)20-8-3-5-13(11-20)21-10-7-18-12-21/h7,10,12-13H,3-6,8-9,11H2,1-2H3,(H,19,25)/t13-/m0/s1. The van der Waals surface area contributed by atoms with E-state index in [1.165, 1.54) is 4.90 Å². The maximum absolute atomic E-state index is 12.5. The number of imidazole rings is 1. The van der Waals surface area contributed by atoms with Crippen LogP contribution >= 0.6 is 0 Å². The summed E-state index contributed by atoms with van der Waals surface area (Å²) in [7, 11) is 0. The van der Waals surface area contributed by atoms with Crippen molar-refractivity contribution in [3.05, 3.63) is 18.7 Å². The molecule has 0 aliphatic carbocycles. The number of hydrogen-bond donors (Lipinski definition) is 1. The van der Waals surface area contributed by atoms with Gasteiger partial charge in [-0.1, -0.05) is 0 Å². The molecule has 3 heterocycles. The normalized spacial score (nSPS) is 23.0. The van der Waals surface area contributed by atoms with E-state index < -0.39 is 5.54 Å². The highest BCUT2D eigenvalue weighted by molar-refractivity contribution is 6.06. The Morgan fingerprint density at radius 2 is 2.20 bits per heavy atom. The summed E-state index contributed by atoms with van der Waals surface area (Å²) in [6.07, 6.45) is 8.30. The number of carbonyl (C=O) groups excluding carboxylic acids is 3. The van der Waals surface area contributed by atoms with Crippen molar-refractivity contribution >= 4 is 17.8 Å². The molecule has 0 bridgehead atoms.